The maximum atomic E-state index is 14.5. The maximum absolute atomic E-state index is 14.5. The van der Waals surface area contributed by atoms with Crippen molar-refractivity contribution in [3.8, 4) is 17.6 Å². The molecule has 4 aromatic carbocycles. The average Bonchev–Trinajstić information content (AvgIpc) is 3.54. The van der Waals surface area contributed by atoms with Crippen molar-refractivity contribution < 1.29 is 36.8 Å². The Morgan fingerprint density at radius 1 is 0.827 bits per heavy atom. The normalized spacial score (nSPS) is 18.2. The van der Waals surface area contributed by atoms with Crippen LogP contribution in [0.1, 0.15) is 68.9 Å². The van der Waals surface area contributed by atoms with Gasteiger partial charge in [-0.1, -0.05) is 54.6 Å². The molecule has 1 unspecified atom stereocenters. The Labute approximate surface area is 307 Å². The topological polar surface area (TPSA) is 82.4 Å². The summed E-state index contributed by atoms with van der Waals surface area (Å²) in [5.74, 6) is 0.0159. The van der Waals surface area contributed by atoms with Crippen LogP contribution in [0, 0.1) is 23.0 Å². The molecule has 4 atom stereocenters. The van der Waals surface area contributed by atoms with Crippen LogP contribution < -0.4 is 9.47 Å². The van der Waals surface area contributed by atoms with Crippen LogP contribution in [0.25, 0.3) is 0 Å². The highest BCUT2D eigenvalue weighted by molar-refractivity contribution is 7.44. The maximum Gasteiger partial charge on any atom is 0.259 e. The summed E-state index contributed by atoms with van der Waals surface area (Å²) >= 11 is 0. The van der Waals surface area contributed by atoms with E-state index < -0.39 is 44.1 Å². The minimum absolute atomic E-state index is 0.0383. The lowest BCUT2D eigenvalue weighted by Crippen LogP contribution is -2.39. The number of hydrogen-bond acceptors (Lipinski definition) is 8. The number of halogens is 2. The zero-order valence-electron chi connectivity index (χ0n) is 30.5. The summed E-state index contributed by atoms with van der Waals surface area (Å²) in [7, 11) is 1.58. The van der Waals surface area contributed by atoms with Gasteiger partial charge < -0.3 is 28.0 Å². The number of benzene rings is 4. The molecule has 8 nitrogen and oxygen atoms in total. The number of nitriles is 1. The molecular formula is C41H47F2N2O6P. The van der Waals surface area contributed by atoms with Crippen LogP contribution in [-0.2, 0) is 24.1 Å². The van der Waals surface area contributed by atoms with Gasteiger partial charge >= 0.3 is 0 Å². The van der Waals surface area contributed by atoms with Gasteiger partial charge in [0.05, 0.1) is 52.1 Å². The van der Waals surface area contributed by atoms with E-state index in [0.717, 1.165) is 22.8 Å². The summed E-state index contributed by atoms with van der Waals surface area (Å²) < 4.78 is 69.1. The fourth-order valence-electron chi connectivity index (χ4n) is 6.64. The zero-order valence-corrected chi connectivity index (χ0v) is 31.4. The van der Waals surface area contributed by atoms with Crippen LogP contribution in [-0.4, -0.2) is 56.4 Å². The average molecular weight is 733 g/mol. The van der Waals surface area contributed by atoms with Crippen molar-refractivity contribution in [3.05, 3.63) is 131 Å². The predicted molar refractivity (Wildman–Crippen MR) is 197 cm³/mol. The van der Waals surface area contributed by atoms with E-state index in [1.54, 1.807) is 14.2 Å². The molecule has 11 heteroatoms. The van der Waals surface area contributed by atoms with Gasteiger partial charge in [0.25, 0.3) is 8.53 Å². The van der Waals surface area contributed by atoms with Crippen LogP contribution in [0.5, 0.6) is 11.5 Å². The molecule has 0 saturated carbocycles. The number of hydrogen-bond donors (Lipinski definition) is 0. The minimum Gasteiger partial charge on any atom is -0.497 e. The molecule has 1 fully saturated rings. The lowest BCUT2D eigenvalue weighted by Gasteiger charge is -2.39. The van der Waals surface area contributed by atoms with E-state index >= 15 is 0 Å². The van der Waals surface area contributed by atoms with Gasteiger partial charge in [-0.2, -0.15) is 5.26 Å². The van der Waals surface area contributed by atoms with Gasteiger partial charge in [-0.05, 0) is 86.3 Å². The highest BCUT2D eigenvalue weighted by Gasteiger charge is 2.45. The first-order chi connectivity index (χ1) is 25.1. The quantitative estimate of drug-likeness (QED) is 0.0604. The Balaban J connectivity index is 1.58. The van der Waals surface area contributed by atoms with E-state index in [1.807, 2.05) is 78.9 Å². The van der Waals surface area contributed by atoms with Crippen molar-refractivity contribution in [2.45, 2.75) is 76.5 Å². The molecule has 0 spiro atoms. The zero-order chi connectivity index (χ0) is 37.3. The lowest BCUT2D eigenvalue weighted by molar-refractivity contribution is -0.0807. The first kappa shape index (κ1) is 39.3. The van der Waals surface area contributed by atoms with Crippen molar-refractivity contribution in [1.29, 1.82) is 5.26 Å². The van der Waals surface area contributed by atoms with Gasteiger partial charge in [0, 0.05) is 24.6 Å². The Hall–Kier alpha value is -3.94. The smallest absolute Gasteiger partial charge is 0.259 e. The second-order valence-corrected chi connectivity index (χ2v) is 14.5. The van der Waals surface area contributed by atoms with Crippen molar-refractivity contribution in [3.63, 3.8) is 0 Å². The van der Waals surface area contributed by atoms with Crippen LogP contribution in [0.15, 0.2) is 97.1 Å². The number of nitrogens with zero attached hydrogens (tertiary/aromatic N) is 2. The number of ether oxygens (including phenoxy) is 4. The first-order valence-electron chi connectivity index (χ1n) is 17.4. The molecule has 4 aromatic rings. The molecule has 276 valence electrons. The molecular weight excluding hydrogens is 685 g/mol. The third-order valence-electron chi connectivity index (χ3n) is 8.98. The van der Waals surface area contributed by atoms with Crippen LogP contribution in [0.4, 0.5) is 8.78 Å². The van der Waals surface area contributed by atoms with Gasteiger partial charge in [-0.15, -0.1) is 0 Å². The number of methoxy groups -OCH3 is 2. The van der Waals surface area contributed by atoms with Gasteiger partial charge in [0.1, 0.15) is 34.8 Å². The van der Waals surface area contributed by atoms with Crippen LogP contribution >= 0.6 is 8.53 Å². The first-order valence-corrected chi connectivity index (χ1v) is 18.6. The van der Waals surface area contributed by atoms with Gasteiger partial charge in [-0.25, -0.2) is 13.5 Å². The van der Waals surface area contributed by atoms with Crippen molar-refractivity contribution in [2.24, 2.45) is 0 Å². The Morgan fingerprint density at radius 3 is 1.87 bits per heavy atom. The predicted octanol–water partition coefficient (Wildman–Crippen LogP) is 9.48. The highest BCUT2D eigenvalue weighted by atomic mass is 31.2. The molecule has 0 N–H and O–H groups in total. The van der Waals surface area contributed by atoms with Gasteiger partial charge in [0.2, 0.25) is 0 Å². The molecule has 0 amide bonds. The van der Waals surface area contributed by atoms with Crippen LogP contribution in [0.3, 0.4) is 0 Å². The molecule has 1 saturated heterocycles. The third kappa shape index (κ3) is 9.16. The molecule has 0 bridgehead atoms. The van der Waals surface area contributed by atoms with E-state index in [0.29, 0.717) is 23.5 Å². The Morgan fingerprint density at radius 2 is 1.37 bits per heavy atom. The largest absolute Gasteiger partial charge is 0.497 e. The Bertz CT molecular complexity index is 1680. The van der Waals surface area contributed by atoms with Crippen molar-refractivity contribution in [2.75, 3.05) is 27.4 Å². The fraction of sp³-hybridized carbons (Fsp3) is 0.390. The molecule has 5 rings (SSSR count). The number of rotatable bonds is 17. The SMILES string of the molecule is COc1ccc(C(OC[C@H]2O[C@@H](c3cc(F)cc(F)c3)C[C@@H]2OP(OCCC#N)N(C(C)C)C(C)C)(c2ccccc2)c2ccc(OC)cc2)cc1. The molecule has 1 aliphatic rings. The monoisotopic (exact) mass is 732 g/mol. The van der Waals surface area contributed by atoms with E-state index in [4.69, 9.17) is 28.0 Å². The third-order valence-corrected chi connectivity index (χ3v) is 11.1. The van der Waals surface area contributed by atoms with E-state index in [-0.39, 0.29) is 31.7 Å². The molecule has 52 heavy (non-hydrogen) atoms. The summed E-state index contributed by atoms with van der Waals surface area (Å²) in [6, 6.07) is 31.1. The molecule has 0 radical (unpaired) electrons. The minimum atomic E-state index is -1.66. The van der Waals surface area contributed by atoms with Crippen molar-refractivity contribution >= 4 is 8.53 Å². The Kier molecular flexibility index (Phi) is 13.7. The summed E-state index contributed by atoms with van der Waals surface area (Å²) in [6.45, 7) is 8.49. The van der Waals surface area contributed by atoms with E-state index in [1.165, 1.54) is 12.1 Å². The van der Waals surface area contributed by atoms with Crippen LogP contribution in [0.2, 0.25) is 0 Å². The standard InChI is InChI=1S/C41H47F2N2O6P/c1-28(2)45(29(3)4)52(49-22-10-21-44)51-39-26-38(30-23-34(42)25-35(43)24-30)50-40(39)27-48-41(31-11-8-7-9-12-31,32-13-17-36(46-5)18-14-32)33-15-19-37(47-6)20-16-33/h7-9,11-20,23-25,28-29,38-40H,10,22,26-27H2,1-6H3/t38-,39+,40-,52?/m1/s1. The lowest BCUT2D eigenvalue weighted by atomic mass is 9.80. The van der Waals surface area contributed by atoms with Crippen molar-refractivity contribution in [1.82, 2.24) is 4.67 Å². The molecule has 1 aliphatic heterocycles. The summed E-state index contributed by atoms with van der Waals surface area (Å²) in [6.07, 6.45) is -1.45. The second-order valence-electron chi connectivity index (χ2n) is 13.1. The highest BCUT2D eigenvalue weighted by Crippen LogP contribution is 2.51. The summed E-state index contributed by atoms with van der Waals surface area (Å²) in [5.41, 5.74) is 1.80. The molecule has 1 heterocycles. The fourth-order valence-corrected chi connectivity index (χ4v) is 8.40. The van der Waals surface area contributed by atoms with Gasteiger partial charge in [0.15, 0.2) is 0 Å². The van der Waals surface area contributed by atoms with E-state index in [2.05, 4.69) is 38.4 Å². The summed E-state index contributed by atoms with van der Waals surface area (Å²) in [5, 5.41) is 9.27. The second kappa shape index (κ2) is 18.2. The summed E-state index contributed by atoms with van der Waals surface area (Å²) in [4.78, 5) is 0. The van der Waals surface area contributed by atoms with E-state index in [9.17, 15) is 14.0 Å². The molecule has 0 aromatic heterocycles. The molecule has 0 aliphatic carbocycles. The van der Waals surface area contributed by atoms with Gasteiger partial charge in [-0.3, -0.25) is 0 Å².